The minimum Gasteiger partial charge on any atom is -0.472 e. The predicted molar refractivity (Wildman–Crippen MR) is 157 cm³/mol. The second kappa shape index (κ2) is 12.4. The van der Waals surface area contributed by atoms with Gasteiger partial charge in [-0.05, 0) is 42.8 Å². The second-order valence-corrected chi connectivity index (χ2v) is 10.7. The molecule has 3 atom stereocenters. The highest BCUT2D eigenvalue weighted by atomic mass is 16.5. The Labute approximate surface area is 236 Å². The Hall–Kier alpha value is -4.07. The summed E-state index contributed by atoms with van der Waals surface area (Å²) >= 11 is 0. The lowest BCUT2D eigenvalue weighted by Crippen LogP contribution is -2.49. The molecule has 0 bridgehead atoms. The van der Waals surface area contributed by atoms with Gasteiger partial charge in [-0.15, -0.1) is 0 Å². The van der Waals surface area contributed by atoms with Gasteiger partial charge in [0.2, 0.25) is 5.88 Å². The summed E-state index contributed by atoms with van der Waals surface area (Å²) in [4.78, 5) is 26.5. The van der Waals surface area contributed by atoms with Crippen LogP contribution in [0, 0.1) is 5.92 Å². The van der Waals surface area contributed by atoms with Gasteiger partial charge in [0.1, 0.15) is 11.7 Å². The number of nitrogens with zero attached hydrogens (tertiary/aromatic N) is 4. The van der Waals surface area contributed by atoms with Gasteiger partial charge >= 0.3 is 0 Å². The molecule has 40 heavy (non-hydrogen) atoms. The van der Waals surface area contributed by atoms with E-state index in [0.717, 1.165) is 17.7 Å². The molecule has 5 rings (SSSR count). The molecule has 1 N–H and O–H groups in total. The van der Waals surface area contributed by atoms with Crippen LogP contribution in [0.1, 0.15) is 29.8 Å². The Bertz CT molecular complexity index is 1410. The number of carbonyl (C=O) groups is 1. The number of hydrogen-bond acceptors (Lipinski definition) is 6. The number of aromatic nitrogens is 2. The standard InChI is InChI=1S/C33H36N4O3/c1-23-19-37(24(2)22-38)33(39)30-16-29(28-10-7-15-34-17-28)18-35-32(30)40-31(23)21-36(3)20-25-11-13-27(14-12-25)26-8-5-4-6-9-26/h4-18,23-24,31,38H,19-22H2,1-3H3/t23-,24+,31-/m1/s1. The summed E-state index contributed by atoms with van der Waals surface area (Å²) in [5.41, 5.74) is 5.68. The number of amides is 1. The maximum Gasteiger partial charge on any atom is 0.259 e. The number of carbonyl (C=O) groups excluding carboxylic acids is 1. The van der Waals surface area contributed by atoms with Gasteiger partial charge in [-0.25, -0.2) is 4.98 Å². The van der Waals surface area contributed by atoms with E-state index >= 15 is 0 Å². The van der Waals surface area contributed by atoms with Crippen molar-refractivity contribution in [3.63, 3.8) is 0 Å². The van der Waals surface area contributed by atoms with Gasteiger partial charge in [-0.1, -0.05) is 67.6 Å². The normalized spacial score (nSPS) is 18.0. The number of aliphatic hydroxyl groups is 1. The van der Waals surface area contributed by atoms with E-state index in [-0.39, 0.29) is 30.6 Å². The van der Waals surface area contributed by atoms with E-state index in [1.54, 1.807) is 23.5 Å². The maximum absolute atomic E-state index is 13.7. The highest BCUT2D eigenvalue weighted by Crippen LogP contribution is 2.30. The summed E-state index contributed by atoms with van der Waals surface area (Å²) in [7, 11) is 2.08. The third-order valence-corrected chi connectivity index (χ3v) is 7.52. The van der Waals surface area contributed by atoms with Crippen molar-refractivity contribution in [2.45, 2.75) is 32.5 Å². The molecule has 7 heteroatoms. The van der Waals surface area contributed by atoms with E-state index < -0.39 is 0 Å². The zero-order chi connectivity index (χ0) is 28.1. The molecule has 1 aliphatic rings. The summed E-state index contributed by atoms with van der Waals surface area (Å²) in [5, 5.41) is 9.94. The Kier molecular flexibility index (Phi) is 8.53. The highest BCUT2D eigenvalue weighted by Gasteiger charge is 2.34. The van der Waals surface area contributed by atoms with Gasteiger partial charge in [-0.3, -0.25) is 14.7 Å². The largest absolute Gasteiger partial charge is 0.472 e. The molecular weight excluding hydrogens is 500 g/mol. The van der Waals surface area contributed by atoms with Crippen LogP contribution in [0.25, 0.3) is 22.3 Å². The fourth-order valence-electron chi connectivity index (χ4n) is 5.13. The number of likely N-dealkylation sites (N-methyl/N-ethyl adjacent to an activating group) is 1. The molecular formula is C33H36N4O3. The summed E-state index contributed by atoms with van der Waals surface area (Å²) in [6, 6.07) is 24.3. The van der Waals surface area contributed by atoms with Gasteiger partial charge in [0, 0.05) is 55.3 Å². The third-order valence-electron chi connectivity index (χ3n) is 7.52. The van der Waals surface area contributed by atoms with E-state index in [4.69, 9.17) is 4.74 Å². The quantitative estimate of drug-likeness (QED) is 0.335. The van der Waals surface area contributed by atoms with Crippen LogP contribution in [-0.2, 0) is 6.54 Å². The first-order valence-corrected chi connectivity index (χ1v) is 13.7. The van der Waals surface area contributed by atoms with Crippen molar-refractivity contribution in [1.82, 2.24) is 19.8 Å². The fraction of sp³-hybridized carbons (Fsp3) is 0.303. The molecule has 1 aliphatic heterocycles. The predicted octanol–water partition coefficient (Wildman–Crippen LogP) is 5.16. The van der Waals surface area contributed by atoms with Gasteiger partial charge in [-0.2, -0.15) is 0 Å². The van der Waals surface area contributed by atoms with Crippen molar-refractivity contribution >= 4 is 5.91 Å². The molecule has 0 aliphatic carbocycles. The summed E-state index contributed by atoms with van der Waals surface area (Å²) in [6.07, 6.45) is 4.98. The number of fused-ring (bicyclic) bond motifs is 1. The molecule has 4 aromatic rings. The minimum atomic E-state index is -0.329. The summed E-state index contributed by atoms with van der Waals surface area (Å²) in [6.45, 7) is 5.73. The Morgan fingerprint density at radius 2 is 1.73 bits per heavy atom. The molecule has 0 unspecified atom stereocenters. The van der Waals surface area contributed by atoms with E-state index in [9.17, 15) is 9.90 Å². The fourth-order valence-corrected chi connectivity index (χ4v) is 5.13. The number of rotatable bonds is 8. The van der Waals surface area contributed by atoms with E-state index in [1.807, 2.05) is 31.2 Å². The first-order valence-electron chi connectivity index (χ1n) is 13.7. The smallest absolute Gasteiger partial charge is 0.259 e. The third kappa shape index (κ3) is 6.22. The Morgan fingerprint density at radius 1 is 1.00 bits per heavy atom. The number of benzene rings is 2. The van der Waals surface area contributed by atoms with Crippen LogP contribution < -0.4 is 4.74 Å². The van der Waals surface area contributed by atoms with Crippen LogP contribution in [0.15, 0.2) is 91.4 Å². The van der Waals surface area contributed by atoms with Crippen LogP contribution in [0.4, 0.5) is 0 Å². The molecule has 7 nitrogen and oxygen atoms in total. The van der Waals surface area contributed by atoms with Gasteiger partial charge in [0.25, 0.3) is 5.91 Å². The van der Waals surface area contributed by atoms with Crippen molar-refractivity contribution in [2.75, 3.05) is 26.7 Å². The lowest BCUT2D eigenvalue weighted by Gasteiger charge is -2.37. The van der Waals surface area contributed by atoms with Crippen molar-refractivity contribution in [3.05, 3.63) is 103 Å². The van der Waals surface area contributed by atoms with Crippen LogP contribution in [0.3, 0.4) is 0 Å². The molecule has 2 aromatic heterocycles. The van der Waals surface area contributed by atoms with Crippen molar-refractivity contribution in [3.8, 4) is 28.1 Å². The molecule has 0 saturated heterocycles. The van der Waals surface area contributed by atoms with Gasteiger partial charge in [0.15, 0.2) is 0 Å². The summed E-state index contributed by atoms with van der Waals surface area (Å²) < 4.78 is 6.48. The first-order chi connectivity index (χ1) is 19.4. The zero-order valence-electron chi connectivity index (χ0n) is 23.3. The lowest BCUT2D eigenvalue weighted by atomic mass is 9.99. The monoisotopic (exact) mass is 536 g/mol. The van der Waals surface area contributed by atoms with Crippen molar-refractivity contribution < 1.29 is 14.6 Å². The molecule has 0 radical (unpaired) electrons. The summed E-state index contributed by atoms with van der Waals surface area (Å²) in [5.74, 6) is 0.158. The number of ether oxygens (including phenoxy) is 1. The number of pyridine rings is 2. The molecule has 3 heterocycles. The molecule has 2 aromatic carbocycles. The Balaban J connectivity index is 1.37. The highest BCUT2D eigenvalue weighted by molar-refractivity contribution is 5.98. The SMILES string of the molecule is C[C@@H]1CN([C@@H](C)CO)C(=O)c2cc(-c3cccnc3)cnc2O[C@@H]1CN(C)Cc1ccc(-c2ccccc2)cc1. The zero-order valence-corrected chi connectivity index (χ0v) is 23.3. The van der Waals surface area contributed by atoms with Crippen LogP contribution in [0.2, 0.25) is 0 Å². The van der Waals surface area contributed by atoms with Gasteiger partial charge in [0.05, 0.1) is 12.6 Å². The number of hydrogen-bond donors (Lipinski definition) is 1. The molecule has 206 valence electrons. The first kappa shape index (κ1) is 27.5. The van der Waals surface area contributed by atoms with E-state index in [2.05, 4.69) is 77.4 Å². The van der Waals surface area contributed by atoms with Crippen LogP contribution in [0.5, 0.6) is 5.88 Å². The molecule has 0 spiro atoms. The van der Waals surface area contributed by atoms with E-state index in [0.29, 0.717) is 24.5 Å². The topological polar surface area (TPSA) is 78.8 Å². The molecule has 1 amide bonds. The number of aliphatic hydroxyl groups excluding tert-OH is 1. The van der Waals surface area contributed by atoms with E-state index in [1.165, 1.54) is 16.7 Å². The maximum atomic E-state index is 13.7. The molecule has 0 saturated carbocycles. The molecule has 0 fully saturated rings. The van der Waals surface area contributed by atoms with Crippen LogP contribution in [-0.4, -0.2) is 69.7 Å². The second-order valence-electron chi connectivity index (χ2n) is 10.7. The van der Waals surface area contributed by atoms with Gasteiger partial charge < -0.3 is 14.7 Å². The average molecular weight is 537 g/mol. The minimum absolute atomic E-state index is 0.0220. The average Bonchev–Trinajstić information content (AvgIpc) is 2.99. The van der Waals surface area contributed by atoms with Crippen LogP contribution >= 0.6 is 0 Å². The van der Waals surface area contributed by atoms with Crippen molar-refractivity contribution in [2.24, 2.45) is 5.92 Å². The Morgan fingerprint density at radius 3 is 2.42 bits per heavy atom. The van der Waals surface area contributed by atoms with Crippen molar-refractivity contribution in [1.29, 1.82) is 0 Å². The lowest BCUT2D eigenvalue weighted by molar-refractivity contribution is 0.0325.